The van der Waals surface area contributed by atoms with Crippen molar-refractivity contribution in [1.82, 2.24) is 9.62 Å². The van der Waals surface area contributed by atoms with Gasteiger partial charge in [0, 0.05) is 19.6 Å². The van der Waals surface area contributed by atoms with Crippen molar-refractivity contribution < 1.29 is 22.7 Å². The maximum absolute atomic E-state index is 13.6. The van der Waals surface area contributed by atoms with Crippen LogP contribution in [0, 0.1) is 5.92 Å². The molecule has 4 rings (SSSR count). The maximum atomic E-state index is 13.6. The Morgan fingerprint density at radius 3 is 2.56 bits per heavy atom. The van der Waals surface area contributed by atoms with Crippen molar-refractivity contribution in [1.29, 1.82) is 0 Å². The Hall–Kier alpha value is -2.91. The molecule has 2 aliphatic heterocycles. The fourth-order valence-electron chi connectivity index (χ4n) is 4.47. The molecule has 34 heavy (non-hydrogen) atoms. The Balaban J connectivity index is 1.46. The fourth-order valence-corrected chi connectivity index (χ4v) is 5.65. The van der Waals surface area contributed by atoms with Crippen LogP contribution >= 0.6 is 0 Å². The van der Waals surface area contributed by atoms with E-state index in [9.17, 15) is 18.0 Å². The highest BCUT2D eigenvalue weighted by atomic mass is 32.2. The van der Waals surface area contributed by atoms with E-state index in [2.05, 4.69) is 5.32 Å². The van der Waals surface area contributed by atoms with E-state index in [0.29, 0.717) is 43.8 Å². The van der Waals surface area contributed by atoms with Gasteiger partial charge in [0.2, 0.25) is 15.9 Å². The summed E-state index contributed by atoms with van der Waals surface area (Å²) in [6.07, 6.45) is 1.10. The van der Waals surface area contributed by atoms with Crippen molar-refractivity contribution in [3.05, 3.63) is 60.2 Å². The minimum absolute atomic E-state index is 0.0134. The number of piperidine rings is 1. The van der Waals surface area contributed by atoms with Gasteiger partial charge in [0.25, 0.3) is 5.91 Å². The molecule has 0 unspecified atom stereocenters. The average Bonchev–Trinajstić information content (AvgIpc) is 2.88. The number of anilines is 1. The first-order chi connectivity index (χ1) is 16.4. The fraction of sp³-hybridized carbons (Fsp3) is 0.440. The molecule has 8 nitrogen and oxygen atoms in total. The van der Waals surface area contributed by atoms with Gasteiger partial charge in [-0.25, -0.2) is 12.7 Å². The molecule has 1 saturated heterocycles. The van der Waals surface area contributed by atoms with Crippen LogP contribution in [0.5, 0.6) is 5.75 Å². The van der Waals surface area contributed by atoms with Crippen LogP contribution < -0.4 is 15.0 Å². The largest absolute Gasteiger partial charge is 0.477 e. The number of amides is 2. The van der Waals surface area contributed by atoms with Crippen LogP contribution in [0.25, 0.3) is 0 Å². The van der Waals surface area contributed by atoms with Gasteiger partial charge in [0.1, 0.15) is 5.75 Å². The lowest BCUT2D eigenvalue weighted by atomic mass is 9.97. The lowest BCUT2D eigenvalue weighted by Crippen LogP contribution is -2.54. The number of hydrogen-bond donors (Lipinski definition) is 1. The number of para-hydroxylation sites is 2. The normalized spacial score (nSPS) is 20.8. The number of benzene rings is 2. The number of nitrogens with zero attached hydrogens (tertiary/aromatic N) is 2. The Kier molecular flexibility index (Phi) is 7.53. The summed E-state index contributed by atoms with van der Waals surface area (Å²) in [4.78, 5) is 28.1. The Morgan fingerprint density at radius 1 is 1.06 bits per heavy atom. The molecular formula is C25H31N3O5S. The molecule has 2 heterocycles. The van der Waals surface area contributed by atoms with Gasteiger partial charge >= 0.3 is 0 Å². The zero-order valence-electron chi connectivity index (χ0n) is 19.4. The summed E-state index contributed by atoms with van der Waals surface area (Å²) in [6.45, 7) is 2.77. The lowest BCUT2D eigenvalue weighted by molar-refractivity contribution is -0.129. The van der Waals surface area contributed by atoms with Crippen molar-refractivity contribution in [3.63, 3.8) is 0 Å². The van der Waals surface area contributed by atoms with E-state index in [1.54, 1.807) is 30.0 Å². The molecule has 1 fully saturated rings. The van der Waals surface area contributed by atoms with E-state index in [4.69, 9.17) is 4.74 Å². The molecule has 2 aromatic rings. The number of ether oxygens (including phenoxy) is 1. The monoisotopic (exact) mass is 485 g/mol. The van der Waals surface area contributed by atoms with Crippen LogP contribution in [0.1, 0.15) is 25.3 Å². The Bertz CT molecular complexity index is 1120. The molecule has 9 heteroatoms. The van der Waals surface area contributed by atoms with E-state index >= 15 is 0 Å². The third kappa shape index (κ3) is 5.42. The summed E-state index contributed by atoms with van der Waals surface area (Å²) in [5.41, 5.74) is 1.73. The quantitative estimate of drug-likeness (QED) is 0.649. The highest BCUT2D eigenvalue weighted by Crippen LogP contribution is 2.35. The molecule has 0 radical (unpaired) electrons. The van der Waals surface area contributed by atoms with E-state index in [1.807, 2.05) is 36.4 Å². The van der Waals surface area contributed by atoms with Crippen LogP contribution in [0.15, 0.2) is 54.6 Å². The third-order valence-corrected chi connectivity index (χ3v) is 8.23. The molecule has 182 valence electrons. The molecule has 2 amide bonds. The number of carbonyl (C=O) groups excluding carboxylic acids is 2. The summed E-state index contributed by atoms with van der Waals surface area (Å²) >= 11 is 0. The first-order valence-electron chi connectivity index (χ1n) is 11.8. The topological polar surface area (TPSA) is 96.0 Å². The molecule has 0 saturated carbocycles. The van der Waals surface area contributed by atoms with E-state index in [-0.39, 0.29) is 30.7 Å². The number of hydrogen-bond acceptors (Lipinski definition) is 5. The van der Waals surface area contributed by atoms with Gasteiger partial charge in [-0.3, -0.25) is 9.59 Å². The van der Waals surface area contributed by atoms with Crippen molar-refractivity contribution in [3.8, 4) is 5.75 Å². The van der Waals surface area contributed by atoms with Gasteiger partial charge in [-0.2, -0.15) is 0 Å². The standard InChI is InChI=1S/C25H31N3O5S/c1-2-34(31,32)27-16-8-11-20(17-27)25(30)28-18-23(33-22-13-7-6-12-21(22)28)24(29)26-15-14-19-9-4-3-5-10-19/h3-7,9-10,12-13,20,23H,2,8,11,14-18H2,1H3,(H,26,29)/t20-,23-/m0/s1. The summed E-state index contributed by atoms with van der Waals surface area (Å²) < 4.78 is 32.1. The van der Waals surface area contributed by atoms with Crippen LogP contribution in [-0.2, 0) is 26.0 Å². The Labute approximate surface area is 200 Å². The summed E-state index contributed by atoms with van der Waals surface area (Å²) in [5, 5.41) is 2.92. The summed E-state index contributed by atoms with van der Waals surface area (Å²) in [6, 6.07) is 17.0. The van der Waals surface area contributed by atoms with Gasteiger partial charge in [0.15, 0.2) is 6.10 Å². The van der Waals surface area contributed by atoms with Crippen molar-refractivity contribution in [2.24, 2.45) is 5.92 Å². The SMILES string of the molecule is CCS(=O)(=O)N1CCC[C@H](C(=O)N2C[C@@H](C(=O)NCCc3ccccc3)Oc3ccccc32)C1. The van der Waals surface area contributed by atoms with E-state index in [0.717, 1.165) is 5.56 Å². The molecule has 2 atom stereocenters. The lowest BCUT2D eigenvalue weighted by Gasteiger charge is -2.38. The number of rotatable bonds is 7. The second-order valence-corrected chi connectivity index (χ2v) is 10.9. The van der Waals surface area contributed by atoms with Gasteiger partial charge in [-0.05, 0) is 43.9 Å². The zero-order valence-corrected chi connectivity index (χ0v) is 20.2. The van der Waals surface area contributed by atoms with Crippen molar-refractivity contribution in [2.75, 3.05) is 36.8 Å². The smallest absolute Gasteiger partial charge is 0.262 e. The predicted molar refractivity (Wildman–Crippen MR) is 130 cm³/mol. The first kappa shape index (κ1) is 24.2. The van der Waals surface area contributed by atoms with Gasteiger partial charge in [0.05, 0.1) is 23.9 Å². The highest BCUT2D eigenvalue weighted by Gasteiger charge is 2.39. The van der Waals surface area contributed by atoms with Crippen LogP contribution in [-0.4, -0.2) is 62.6 Å². The van der Waals surface area contributed by atoms with Gasteiger partial charge in [-0.1, -0.05) is 42.5 Å². The molecule has 0 aliphatic carbocycles. The number of fused-ring (bicyclic) bond motifs is 1. The minimum Gasteiger partial charge on any atom is -0.477 e. The average molecular weight is 486 g/mol. The number of carbonyl (C=O) groups is 2. The van der Waals surface area contributed by atoms with Gasteiger partial charge in [-0.15, -0.1) is 0 Å². The Morgan fingerprint density at radius 2 is 1.79 bits per heavy atom. The second kappa shape index (κ2) is 10.6. The van der Waals surface area contributed by atoms with Crippen LogP contribution in [0.2, 0.25) is 0 Å². The van der Waals surface area contributed by atoms with Crippen molar-refractivity contribution >= 4 is 27.5 Å². The van der Waals surface area contributed by atoms with Gasteiger partial charge < -0.3 is 15.0 Å². The maximum Gasteiger partial charge on any atom is 0.262 e. The molecule has 0 aromatic heterocycles. The number of sulfonamides is 1. The summed E-state index contributed by atoms with van der Waals surface area (Å²) in [5.74, 6) is -0.419. The van der Waals surface area contributed by atoms with E-state index < -0.39 is 22.0 Å². The molecule has 1 N–H and O–H groups in total. The van der Waals surface area contributed by atoms with Crippen molar-refractivity contribution in [2.45, 2.75) is 32.3 Å². The first-order valence-corrected chi connectivity index (χ1v) is 13.4. The third-order valence-electron chi connectivity index (χ3n) is 6.38. The predicted octanol–water partition coefficient (Wildman–Crippen LogP) is 2.20. The van der Waals surface area contributed by atoms with Crippen LogP contribution in [0.4, 0.5) is 5.69 Å². The zero-order chi connectivity index (χ0) is 24.1. The minimum atomic E-state index is -3.36. The summed E-state index contributed by atoms with van der Waals surface area (Å²) in [7, 11) is -3.36. The highest BCUT2D eigenvalue weighted by molar-refractivity contribution is 7.89. The van der Waals surface area contributed by atoms with Crippen LogP contribution in [0.3, 0.4) is 0 Å². The molecular weight excluding hydrogens is 454 g/mol. The number of nitrogens with one attached hydrogen (secondary N) is 1. The molecule has 2 aliphatic rings. The molecule has 0 bridgehead atoms. The molecule has 0 spiro atoms. The van der Waals surface area contributed by atoms with E-state index in [1.165, 1.54) is 4.31 Å². The second-order valence-electron chi connectivity index (χ2n) is 8.65. The molecule has 2 aromatic carbocycles.